The molecule has 1 aliphatic carbocycles. The number of rotatable bonds is 24. The van der Waals surface area contributed by atoms with Crippen LogP contribution >= 0.6 is 0 Å². The summed E-state index contributed by atoms with van der Waals surface area (Å²) in [6.45, 7) is 13.9. The Morgan fingerprint density at radius 1 is 0.661 bits per heavy atom. The van der Waals surface area contributed by atoms with Gasteiger partial charge in [-0.05, 0) is 124 Å². The largest absolute Gasteiger partial charge is 0.492 e. The van der Waals surface area contributed by atoms with E-state index in [-0.39, 0.29) is 46.1 Å². The third kappa shape index (κ3) is 15.8. The lowest BCUT2D eigenvalue weighted by Crippen LogP contribution is -2.41. The van der Waals surface area contributed by atoms with Crippen molar-refractivity contribution in [3.63, 3.8) is 0 Å². The molecule has 0 radical (unpaired) electrons. The van der Waals surface area contributed by atoms with E-state index in [9.17, 15) is 24.0 Å². The smallest absolute Gasteiger partial charge is 0.417 e. The molecular weight excluding hydrogens is 753 g/mol. The lowest BCUT2D eigenvalue weighted by atomic mass is 9.76. The Morgan fingerprint density at radius 3 is 1.86 bits per heavy atom. The van der Waals surface area contributed by atoms with Gasteiger partial charge in [0.05, 0.1) is 25.2 Å². The number of benzene rings is 2. The fraction of sp³-hybridized carbons (Fsp3) is 0.604. The highest BCUT2D eigenvalue weighted by Gasteiger charge is 2.36. The summed E-state index contributed by atoms with van der Waals surface area (Å²) in [4.78, 5) is 61.1. The number of hydrogen-bond acceptors (Lipinski definition) is 11. The quantitative estimate of drug-likeness (QED) is 0.0329. The van der Waals surface area contributed by atoms with Gasteiger partial charge in [0.1, 0.15) is 25.6 Å². The van der Waals surface area contributed by atoms with Crippen molar-refractivity contribution in [1.82, 2.24) is 0 Å². The topological polar surface area (TPSA) is 141 Å². The summed E-state index contributed by atoms with van der Waals surface area (Å²) in [5.41, 5.74) is 4.86. The van der Waals surface area contributed by atoms with Crippen LogP contribution in [0, 0.1) is 11.3 Å². The zero-order valence-electron chi connectivity index (χ0n) is 36.5. The minimum Gasteiger partial charge on any atom is -0.492 e. The Balaban J connectivity index is 1.87. The molecule has 0 unspecified atom stereocenters. The molecule has 0 aliphatic heterocycles. The molecule has 0 N–H and O–H groups in total. The molecule has 59 heavy (non-hydrogen) atoms. The molecule has 1 saturated carbocycles. The molecular formula is C48H68O11. The van der Waals surface area contributed by atoms with Crippen LogP contribution in [0.25, 0.3) is 11.1 Å². The van der Waals surface area contributed by atoms with Crippen LogP contribution in [0.1, 0.15) is 141 Å². The van der Waals surface area contributed by atoms with E-state index in [0.29, 0.717) is 30.1 Å². The van der Waals surface area contributed by atoms with Crippen LogP contribution in [-0.4, -0.2) is 69.5 Å². The van der Waals surface area contributed by atoms with E-state index in [1.165, 1.54) is 75.3 Å². The molecule has 326 valence electrons. The first-order valence-electron chi connectivity index (χ1n) is 21.8. The molecule has 0 aromatic heterocycles. The van der Waals surface area contributed by atoms with E-state index in [2.05, 4.69) is 44.7 Å². The fourth-order valence-electron chi connectivity index (χ4n) is 7.49. The van der Waals surface area contributed by atoms with Crippen molar-refractivity contribution in [2.24, 2.45) is 11.3 Å². The van der Waals surface area contributed by atoms with E-state index in [1.54, 1.807) is 27.7 Å². The number of carbonyl (C=O) groups is 5. The first kappa shape index (κ1) is 48.7. The first-order valence-corrected chi connectivity index (χ1v) is 21.8. The van der Waals surface area contributed by atoms with E-state index >= 15 is 0 Å². The maximum atomic E-state index is 12.4. The molecule has 0 heterocycles. The van der Waals surface area contributed by atoms with E-state index in [4.69, 9.17) is 28.4 Å². The molecule has 2 aromatic carbocycles. The van der Waals surface area contributed by atoms with Crippen molar-refractivity contribution in [2.75, 3.05) is 39.6 Å². The summed E-state index contributed by atoms with van der Waals surface area (Å²) in [6.07, 6.45) is 15.3. The maximum absolute atomic E-state index is 12.4. The van der Waals surface area contributed by atoms with Crippen molar-refractivity contribution in [3.05, 3.63) is 65.2 Å². The molecule has 11 heteroatoms. The van der Waals surface area contributed by atoms with Gasteiger partial charge < -0.3 is 28.4 Å². The number of esters is 5. The number of aryl methyl sites for hydroxylation is 2. The molecule has 0 saturated heterocycles. The SMILES string of the molecule is C=C(C)C(=O)OCCCc1cc(-c2ccc(C3CCC(CCCCCCC)CC3)cc2CC)ccc1OCC(CC)(COC(=O)C(=O)OCC)COC(=O)C(=O)OCC. The Morgan fingerprint density at radius 2 is 1.29 bits per heavy atom. The molecule has 0 bridgehead atoms. The van der Waals surface area contributed by atoms with E-state index < -0.39 is 35.3 Å². The molecule has 0 spiro atoms. The average molecular weight is 821 g/mol. The lowest BCUT2D eigenvalue weighted by Gasteiger charge is -2.31. The third-order valence-electron chi connectivity index (χ3n) is 11.3. The highest BCUT2D eigenvalue weighted by atomic mass is 16.6. The minimum absolute atomic E-state index is 0.0115. The van der Waals surface area contributed by atoms with Gasteiger partial charge in [-0.25, -0.2) is 24.0 Å². The monoisotopic (exact) mass is 820 g/mol. The van der Waals surface area contributed by atoms with Crippen LogP contribution in [0.5, 0.6) is 5.75 Å². The highest BCUT2D eigenvalue weighted by molar-refractivity contribution is 6.30. The van der Waals surface area contributed by atoms with E-state index in [1.807, 2.05) is 12.1 Å². The normalized spacial score (nSPS) is 15.2. The molecule has 3 rings (SSSR count). The summed E-state index contributed by atoms with van der Waals surface area (Å²) in [5, 5.41) is 0. The highest BCUT2D eigenvalue weighted by Crippen LogP contribution is 2.40. The van der Waals surface area contributed by atoms with Crippen molar-refractivity contribution >= 4 is 29.8 Å². The molecule has 2 aromatic rings. The summed E-state index contributed by atoms with van der Waals surface area (Å²) in [6, 6.07) is 12.9. The second-order valence-electron chi connectivity index (χ2n) is 15.8. The minimum atomic E-state index is -1.20. The van der Waals surface area contributed by atoms with Crippen LogP contribution in [-0.2, 0) is 60.5 Å². The lowest BCUT2D eigenvalue weighted by molar-refractivity contribution is -0.175. The van der Waals surface area contributed by atoms with Crippen molar-refractivity contribution < 1.29 is 52.4 Å². The molecule has 1 fully saturated rings. The standard InChI is InChI=1S/C48H68O11/c1-8-13-14-15-16-18-35-20-22-37(23-21-35)38-24-26-41(36(9-2)29-38)39-25-27-42(40(30-39)19-17-28-56-43(49)34(6)7)57-31-48(10-3,32-58-46(52)44(50)54-11-4)33-59-47(53)45(51)55-12-5/h24-27,29-30,35,37H,6,8-23,28,31-33H2,1-5,7H3. The van der Waals surface area contributed by atoms with Gasteiger partial charge in [0.25, 0.3) is 0 Å². The van der Waals surface area contributed by atoms with Gasteiger partial charge in [0, 0.05) is 5.57 Å². The van der Waals surface area contributed by atoms with Crippen LogP contribution in [0.4, 0.5) is 0 Å². The van der Waals surface area contributed by atoms with Crippen LogP contribution in [0.2, 0.25) is 0 Å². The van der Waals surface area contributed by atoms with Gasteiger partial charge in [-0.15, -0.1) is 0 Å². The van der Waals surface area contributed by atoms with Gasteiger partial charge in [-0.3, -0.25) is 0 Å². The third-order valence-corrected chi connectivity index (χ3v) is 11.3. The van der Waals surface area contributed by atoms with Crippen molar-refractivity contribution in [3.8, 4) is 16.9 Å². The van der Waals surface area contributed by atoms with Gasteiger partial charge >= 0.3 is 29.8 Å². The van der Waals surface area contributed by atoms with Gasteiger partial charge in [-0.1, -0.05) is 90.1 Å². The summed E-state index contributed by atoms with van der Waals surface area (Å²) in [5.74, 6) is -3.20. The molecule has 0 atom stereocenters. The maximum Gasteiger partial charge on any atom is 0.417 e. The number of hydrogen-bond donors (Lipinski definition) is 0. The van der Waals surface area contributed by atoms with Crippen molar-refractivity contribution in [1.29, 1.82) is 0 Å². The van der Waals surface area contributed by atoms with Gasteiger partial charge in [0.15, 0.2) is 0 Å². The zero-order chi connectivity index (χ0) is 43.2. The fourth-order valence-corrected chi connectivity index (χ4v) is 7.49. The van der Waals surface area contributed by atoms with Crippen molar-refractivity contribution in [2.45, 2.75) is 137 Å². The first-order chi connectivity index (χ1) is 28.4. The second kappa shape index (κ2) is 25.7. The molecule has 0 amide bonds. The Bertz CT molecular complexity index is 1650. The summed E-state index contributed by atoms with van der Waals surface area (Å²) in [7, 11) is 0. The number of unbranched alkanes of at least 4 members (excludes halogenated alkanes) is 4. The Labute approximate surface area is 351 Å². The summed E-state index contributed by atoms with van der Waals surface area (Å²) < 4.78 is 32.0. The average Bonchev–Trinajstić information content (AvgIpc) is 3.24. The van der Waals surface area contributed by atoms with Crippen LogP contribution < -0.4 is 4.74 Å². The summed E-state index contributed by atoms with van der Waals surface area (Å²) >= 11 is 0. The number of ether oxygens (including phenoxy) is 6. The molecule has 11 nitrogen and oxygen atoms in total. The zero-order valence-corrected chi connectivity index (χ0v) is 36.5. The Kier molecular flexibility index (Phi) is 21.2. The van der Waals surface area contributed by atoms with Gasteiger partial charge in [0.2, 0.25) is 0 Å². The van der Waals surface area contributed by atoms with Gasteiger partial charge in [-0.2, -0.15) is 0 Å². The Hall–Kier alpha value is -4.67. The second-order valence-corrected chi connectivity index (χ2v) is 15.8. The van der Waals surface area contributed by atoms with Crippen LogP contribution in [0.15, 0.2) is 48.6 Å². The van der Waals surface area contributed by atoms with Crippen LogP contribution in [0.3, 0.4) is 0 Å². The predicted molar refractivity (Wildman–Crippen MR) is 227 cm³/mol. The molecule has 1 aliphatic rings. The van der Waals surface area contributed by atoms with E-state index in [0.717, 1.165) is 29.0 Å². The predicted octanol–water partition coefficient (Wildman–Crippen LogP) is 9.59. The number of carbonyl (C=O) groups excluding carboxylic acids is 5.